The number of amides is 1. The zero-order valence-electron chi connectivity index (χ0n) is 16.1. The van der Waals surface area contributed by atoms with Crippen LogP contribution in [0.1, 0.15) is 76.2 Å². The molecule has 0 unspecified atom stereocenters. The lowest BCUT2D eigenvalue weighted by molar-refractivity contribution is -0.126. The Morgan fingerprint density at radius 2 is 2.07 bits per heavy atom. The normalized spacial score (nSPS) is 25.0. The molecule has 0 atom stereocenters. The van der Waals surface area contributed by atoms with Crippen LogP contribution in [0.3, 0.4) is 0 Å². The van der Waals surface area contributed by atoms with Crippen molar-refractivity contribution in [3.8, 4) is 0 Å². The summed E-state index contributed by atoms with van der Waals surface area (Å²) in [6.07, 6.45) is 4.01. The molecule has 146 valence electrons. The quantitative estimate of drug-likeness (QED) is 0.795. The summed E-state index contributed by atoms with van der Waals surface area (Å²) in [7, 11) is 0. The number of aromatic nitrogens is 4. The van der Waals surface area contributed by atoms with E-state index in [1.54, 1.807) is 4.52 Å². The van der Waals surface area contributed by atoms with Gasteiger partial charge in [-0.2, -0.15) is 10.2 Å². The van der Waals surface area contributed by atoms with E-state index in [1.807, 2.05) is 26.8 Å². The Kier molecular flexibility index (Phi) is 4.33. The maximum Gasteiger partial charge on any atom is 0.293 e. The van der Waals surface area contributed by atoms with E-state index in [0.717, 1.165) is 18.5 Å². The van der Waals surface area contributed by atoms with Gasteiger partial charge in [-0.1, -0.05) is 20.8 Å². The third-order valence-corrected chi connectivity index (χ3v) is 5.70. The molecule has 2 aliphatic carbocycles. The summed E-state index contributed by atoms with van der Waals surface area (Å²) in [5.74, 6) is 0.930. The van der Waals surface area contributed by atoms with Crippen LogP contribution in [0.5, 0.6) is 0 Å². The van der Waals surface area contributed by atoms with Gasteiger partial charge in [0.2, 0.25) is 5.91 Å². The number of fused-ring (bicyclic) bond motifs is 1. The van der Waals surface area contributed by atoms with Gasteiger partial charge in [0, 0.05) is 17.9 Å². The Morgan fingerprint density at radius 1 is 1.37 bits per heavy atom. The first-order chi connectivity index (χ1) is 12.8. The minimum absolute atomic E-state index is 0.0390. The monoisotopic (exact) mass is 373 g/mol. The van der Waals surface area contributed by atoms with Crippen molar-refractivity contribution in [2.45, 2.75) is 82.9 Å². The lowest BCUT2D eigenvalue weighted by Crippen LogP contribution is -2.55. The fraction of sp³-hybridized carbons (Fsp3) is 0.684. The first kappa shape index (κ1) is 18.2. The maximum absolute atomic E-state index is 12.8. The minimum atomic E-state index is -0.659. The van der Waals surface area contributed by atoms with Crippen LogP contribution in [0.15, 0.2) is 10.9 Å². The number of hydrogen-bond donors (Lipinski definition) is 2. The van der Waals surface area contributed by atoms with Crippen molar-refractivity contribution in [2.24, 2.45) is 0 Å². The number of nitrogens with one attached hydrogen (secondary N) is 1. The summed E-state index contributed by atoms with van der Waals surface area (Å²) in [5.41, 5.74) is 0.458. The fourth-order valence-corrected chi connectivity index (χ4v) is 3.77. The van der Waals surface area contributed by atoms with Gasteiger partial charge in [0.25, 0.3) is 5.56 Å². The Hall–Kier alpha value is -2.22. The van der Waals surface area contributed by atoms with E-state index in [-0.39, 0.29) is 30.0 Å². The molecule has 0 bridgehead atoms. The molecule has 2 aromatic heterocycles. The second-order valence-corrected chi connectivity index (χ2v) is 8.37. The van der Waals surface area contributed by atoms with Crippen LogP contribution in [-0.2, 0) is 11.3 Å². The summed E-state index contributed by atoms with van der Waals surface area (Å²) in [4.78, 5) is 25.2. The highest BCUT2D eigenvalue weighted by molar-refractivity contribution is 5.76. The summed E-state index contributed by atoms with van der Waals surface area (Å²) in [6.45, 7) is 5.80. The Labute approximate surface area is 157 Å². The molecule has 2 saturated carbocycles. The van der Waals surface area contributed by atoms with Crippen LogP contribution in [0.4, 0.5) is 0 Å². The van der Waals surface area contributed by atoms with Gasteiger partial charge < -0.3 is 10.4 Å². The predicted molar refractivity (Wildman–Crippen MR) is 99.7 cm³/mol. The second-order valence-electron chi connectivity index (χ2n) is 8.37. The van der Waals surface area contributed by atoms with Gasteiger partial charge in [0.05, 0.1) is 11.3 Å². The van der Waals surface area contributed by atoms with Crippen molar-refractivity contribution in [1.82, 2.24) is 24.7 Å². The summed E-state index contributed by atoms with van der Waals surface area (Å²) < 4.78 is 2.88. The van der Waals surface area contributed by atoms with Gasteiger partial charge in [-0.3, -0.25) is 9.59 Å². The van der Waals surface area contributed by atoms with Gasteiger partial charge in [-0.25, -0.2) is 9.20 Å². The number of aliphatic hydroxyl groups is 1. The topological polar surface area (TPSA) is 102 Å². The average molecular weight is 373 g/mol. The molecule has 0 spiro atoms. The number of rotatable bonds is 6. The Balaban J connectivity index is 1.57. The Bertz CT molecular complexity index is 935. The van der Waals surface area contributed by atoms with E-state index in [0.29, 0.717) is 36.5 Å². The molecule has 2 aromatic rings. The smallest absolute Gasteiger partial charge is 0.293 e. The van der Waals surface area contributed by atoms with Crippen LogP contribution in [0.25, 0.3) is 5.52 Å². The molecule has 2 heterocycles. The first-order valence-corrected chi connectivity index (χ1v) is 9.82. The first-order valence-electron chi connectivity index (χ1n) is 9.82. The number of nitrogens with zero attached hydrogens (tertiary/aromatic N) is 4. The number of carbonyl (C=O) groups excluding carboxylic acids is 1. The molecule has 0 aromatic carbocycles. The predicted octanol–water partition coefficient (Wildman–Crippen LogP) is 1.31. The molecule has 2 aliphatic rings. The zero-order valence-corrected chi connectivity index (χ0v) is 16.1. The molecular formula is C19H27N5O3. The van der Waals surface area contributed by atoms with E-state index in [4.69, 9.17) is 0 Å². The SMILES string of the molecule is CCC1(O)CC(NC(=O)Cn2nc(C(C)C)n3nc(C4CC4)cc3c2=O)C1. The minimum Gasteiger partial charge on any atom is -0.390 e. The molecule has 0 saturated heterocycles. The standard InChI is InChI=1S/C19H27N5O3/c1-4-19(27)8-13(9-19)20-16(25)10-23-18(26)15-7-14(12-5-6-12)21-24(15)17(22-23)11(2)3/h7,11-13,27H,4-6,8-10H2,1-3H3,(H,20,25). The highest BCUT2D eigenvalue weighted by atomic mass is 16.3. The highest BCUT2D eigenvalue weighted by Gasteiger charge is 2.41. The van der Waals surface area contributed by atoms with E-state index in [9.17, 15) is 14.7 Å². The average Bonchev–Trinajstić information content (AvgIpc) is 3.34. The number of carbonyl (C=O) groups is 1. The number of hydrogen-bond acceptors (Lipinski definition) is 5. The van der Waals surface area contributed by atoms with Crippen molar-refractivity contribution < 1.29 is 9.90 Å². The maximum atomic E-state index is 12.8. The van der Waals surface area contributed by atoms with E-state index >= 15 is 0 Å². The summed E-state index contributed by atoms with van der Waals surface area (Å²) in [6, 6.07) is 1.80. The molecule has 0 aliphatic heterocycles. The van der Waals surface area contributed by atoms with E-state index in [2.05, 4.69) is 15.5 Å². The summed E-state index contributed by atoms with van der Waals surface area (Å²) >= 11 is 0. The molecule has 8 nitrogen and oxygen atoms in total. The molecular weight excluding hydrogens is 346 g/mol. The lowest BCUT2D eigenvalue weighted by Gasteiger charge is -2.43. The van der Waals surface area contributed by atoms with E-state index in [1.165, 1.54) is 4.68 Å². The molecule has 27 heavy (non-hydrogen) atoms. The van der Waals surface area contributed by atoms with Crippen LogP contribution in [-0.4, -0.2) is 42.1 Å². The highest BCUT2D eigenvalue weighted by Crippen LogP contribution is 2.39. The third-order valence-electron chi connectivity index (χ3n) is 5.70. The molecule has 1 amide bonds. The van der Waals surface area contributed by atoms with Gasteiger partial charge in [0.1, 0.15) is 12.1 Å². The van der Waals surface area contributed by atoms with Crippen molar-refractivity contribution in [3.05, 3.63) is 27.9 Å². The summed E-state index contributed by atoms with van der Waals surface area (Å²) in [5, 5.41) is 22.0. The van der Waals surface area contributed by atoms with Crippen molar-refractivity contribution in [3.63, 3.8) is 0 Å². The van der Waals surface area contributed by atoms with Crippen LogP contribution in [0, 0.1) is 0 Å². The molecule has 2 fully saturated rings. The van der Waals surface area contributed by atoms with Crippen molar-refractivity contribution in [2.75, 3.05) is 0 Å². The largest absolute Gasteiger partial charge is 0.390 e. The third kappa shape index (κ3) is 3.38. The lowest BCUT2D eigenvalue weighted by atomic mass is 9.74. The van der Waals surface area contributed by atoms with Gasteiger partial charge >= 0.3 is 0 Å². The van der Waals surface area contributed by atoms with E-state index < -0.39 is 5.60 Å². The van der Waals surface area contributed by atoms with Crippen molar-refractivity contribution >= 4 is 11.4 Å². The van der Waals surface area contributed by atoms with Crippen molar-refractivity contribution in [1.29, 1.82) is 0 Å². The molecule has 8 heteroatoms. The van der Waals surface area contributed by atoms with Gasteiger partial charge in [0.15, 0.2) is 5.82 Å². The zero-order chi connectivity index (χ0) is 19.3. The molecule has 2 N–H and O–H groups in total. The van der Waals surface area contributed by atoms with Crippen LogP contribution in [0.2, 0.25) is 0 Å². The van der Waals surface area contributed by atoms with Gasteiger partial charge in [-0.05, 0) is 38.2 Å². The Morgan fingerprint density at radius 3 is 2.67 bits per heavy atom. The molecule has 0 radical (unpaired) electrons. The fourth-order valence-electron chi connectivity index (χ4n) is 3.77. The molecule has 4 rings (SSSR count). The van der Waals surface area contributed by atoms with Gasteiger partial charge in [-0.15, -0.1) is 0 Å². The van der Waals surface area contributed by atoms with Crippen LogP contribution < -0.4 is 10.9 Å². The second kappa shape index (κ2) is 6.44. The van der Waals surface area contributed by atoms with Crippen LogP contribution >= 0.6 is 0 Å².